The zero-order valence-electron chi connectivity index (χ0n) is 12.5. The summed E-state index contributed by atoms with van der Waals surface area (Å²) in [7, 11) is 0. The number of benzene rings is 1. The van der Waals surface area contributed by atoms with Gasteiger partial charge in [-0.25, -0.2) is 0 Å². The van der Waals surface area contributed by atoms with Crippen LogP contribution < -0.4 is 5.32 Å². The van der Waals surface area contributed by atoms with Crippen LogP contribution in [0.4, 0.5) is 0 Å². The van der Waals surface area contributed by atoms with Crippen LogP contribution in [0.3, 0.4) is 0 Å². The molecule has 0 saturated carbocycles. The maximum Gasteiger partial charge on any atom is 0.234 e. The van der Waals surface area contributed by atoms with Gasteiger partial charge in [-0.3, -0.25) is 9.69 Å². The number of hydrogen-bond donors (Lipinski definition) is 1. The molecule has 1 N–H and O–H groups in total. The highest BCUT2D eigenvalue weighted by molar-refractivity contribution is 7.10. The van der Waals surface area contributed by atoms with Crippen molar-refractivity contribution in [2.75, 3.05) is 13.1 Å². The minimum atomic E-state index is 0.0607. The van der Waals surface area contributed by atoms with Gasteiger partial charge in [0.05, 0.1) is 6.54 Å². The molecule has 1 amide bonds. The van der Waals surface area contributed by atoms with E-state index in [-0.39, 0.29) is 5.91 Å². The standard InChI is InChI=1S/C17H19ClN2OS/c1-12-15-6-8-22-16(15)5-7-20(12)11-17(21)19-10-13-3-2-4-14(18)9-13/h2-4,6,8-9,12H,5,7,10-11H2,1H3,(H,19,21). The van der Waals surface area contributed by atoms with Crippen molar-refractivity contribution in [2.45, 2.75) is 25.9 Å². The fraction of sp³-hybridized carbons (Fsp3) is 0.353. The minimum Gasteiger partial charge on any atom is -0.351 e. The summed E-state index contributed by atoms with van der Waals surface area (Å²) in [6, 6.07) is 10.1. The van der Waals surface area contributed by atoms with E-state index in [1.165, 1.54) is 10.4 Å². The molecular weight excluding hydrogens is 316 g/mol. The summed E-state index contributed by atoms with van der Waals surface area (Å²) in [6.07, 6.45) is 1.04. The summed E-state index contributed by atoms with van der Waals surface area (Å²) < 4.78 is 0. The lowest BCUT2D eigenvalue weighted by Crippen LogP contribution is -2.41. The lowest BCUT2D eigenvalue weighted by Gasteiger charge is -2.32. The third kappa shape index (κ3) is 3.51. The van der Waals surface area contributed by atoms with E-state index in [1.807, 2.05) is 35.6 Å². The third-order valence-corrected chi connectivity index (χ3v) is 5.36. The fourth-order valence-corrected chi connectivity index (χ4v) is 4.04. The normalized spacial score (nSPS) is 18.0. The molecule has 1 aliphatic heterocycles. The van der Waals surface area contributed by atoms with Crippen LogP contribution in [0.1, 0.15) is 29.0 Å². The molecule has 3 rings (SSSR count). The molecule has 2 aromatic rings. The Hall–Kier alpha value is -1.36. The van der Waals surface area contributed by atoms with E-state index in [0.717, 1.165) is 18.5 Å². The summed E-state index contributed by atoms with van der Waals surface area (Å²) in [5.41, 5.74) is 2.39. The summed E-state index contributed by atoms with van der Waals surface area (Å²) in [6.45, 7) is 4.08. The van der Waals surface area contributed by atoms with Gasteiger partial charge >= 0.3 is 0 Å². The monoisotopic (exact) mass is 334 g/mol. The van der Waals surface area contributed by atoms with E-state index in [4.69, 9.17) is 11.6 Å². The maximum atomic E-state index is 12.2. The van der Waals surface area contributed by atoms with E-state index in [2.05, 4.69) is 28.6 Å². The van der Waals surface area contributed by atoms with Crippen LogP contribution in [0.15, 0.2) is 35.7 Å². The van der Waals surface area contributed by atoms with Crippen LogP contribution in [-0.4, -0.2) is 23.9 Å². The zero-order valence-corrected chi connectivity index (χ0v) is 14.1. The van der Waals surface area contributed by atoms with E-state index in [9.17, 15) is 4.79 Å². The quantitative estimate of drug-likeness (QED) is 0.925. The Labute approximate surface area is 139 Å². The SMILES string of the molecule is CC1c2ccsc2CCN1CC(=O)NCc1cccc(Cl)c1. The molecule has 2 heterocycles. The van der Waals surface area contributed by atoms with Crippen molar-refractivity contribution < 1.29 is 4.79 Å². The van der Waals surface area contributed by atoms with E-state index >= 15 is 0 Å². The summed E-state index contributed by atoms with van der Waals surface area (Å²) >= 11 is 7.77. The first-order valence-electron chi connectivity index (χ1n) is 7.45. The second-order valence-electron chi connectivity index (χ2n) is 5.60. The molecule has 0 radical (unpaired) electrons. The van der Waals surface area contributed by atoms with Gasteiger partial charge in [0.25, 0.3) is 0 Å². The molecule has 0 aliphatic carbocycles. The van der Waals surface area contributed by atoms with Crippen LogP contribution in [0, 0.1) is 0 Å². The Balaban J connectivity index is 1.54. The molecule has 1 aromatic carbocycles. The molecule has 0 bridgehead atoms. The lowest BCUT2D eigenvalue weighted by atomic mass is 10.0. The Morgan fingerprint density at radius 3 is 3.14 bits per heavy atom. The molecule has 5 heteroatoms. The van der Waals surface area contributed by atoms with Gasteiger partial charge < -0.3 is 5.32 Å². The number of hydrogen-bond acceptors (Lipinski definition) is 3. The molecule has 1 unspecified atom stereocenters. The number of nitrogens with zero attached hydrogens (tertiary/aromatic N) is 1. The number of amides is 1. The summed E-state index contributed by atoms with van der Waals surface area (Å²) in [5.74, 6) is 0.0607. The Kier molecular flexibility index (Phi) is 4.81. The van der Waals surface area contributed by atoms with Crippen molar-refractivity contribution >= 4 is 28.8 Å². The first-order valence-corrected chi connectivity index (χ1v) is 8.70. The number of rotatable bonds is 4. The molecule has 3 nitrogen and oxygen atoms in total. The average molecular weight is 335 g/mol. The van der Waals surface area contributed by atoms with E-state index in [1.54, 1.807) is 0 Å². The van der Waals surface area contributed by atoms with Gasteiger partial charge in [0, 0.05) is 29.0 Å². The topological polar surface area (TPSA) is 32.3 Å². The second kappa shape index (κ2) is 6.82. The molecule has 0 fully saturated rings. The first-order chi connectivity index (χ1) is 10.6. The van der Waals surface area contributed by atoms with E-state index < -0.39 is 0 Å². The van der Waals surface area contributed by atoms with Crippen LogP contribution >= 0.6 is 22.9 Å². The molecule has 1 aromatic heterocycles. The smallest absolute Gasteiger partial charge is 0.234 e. The molecular formula is C17H19ClN2OS. The van der Waals surface area contributed by atoms with Gasteiger partial charge in [0.1, 0.15) is 0 Å². The lowest BCUT2D eigenvalue weighted by molar-refractivity contribution is -0.123. The van der Waals surface area contributed by atoms with Crippen molar-refractivity contribution in [1.82, 2.24) is 10.2 Å². The third-order valence-electron chi connectivity index (χ3n) is 4.13. The summed E-state index contributed by atoms with van der Waals surface area (Å²) in [5, 5.41) is 5.81. The van der Waals surface area contributed by atoms with Crippen LogP contribution in [-0.2, 0) is 17.8 Å². The van der Waals surface area contributed by atoms with Crippen molar-refractivity contribution in [2.24, 2.45) is 0 Å². The number of carbonyl (C=O) groups excluding carboxylic acids is 1. The molecule has 0 saturated heterocycles. The van der Waals surface area contributed by atoms with Gasteiger partial charge in [-0.1, -0.05) is 23.7 Å². The molecule has 1 atom stereocenters. The molecule has 0 spiro atoms. The molecule has 116 valence electrons. The minimum absolute atomic E-state index is 0.0607. The highest BCUT2D eigenvalue weighted by atomic mass is 35.5. The van der Waals surface area contributed by atoms with Crippen LogP contribution in [0.25, 0.3) is 0 Å². The maximum absolute atomic E-state index is 12.2. The molecule has 1 aliphatic rings. The van der Waals surface area contributed by atoms with Crippen LogP contribution in [0.5, 0.6) is 0 Å². The number of thiophene rings is 1. The Bertz CT molecular complexity index is 670. The highest BCUT2D eigenvalue weighted by Gasteiger charge is 2.25. The number of fused-ring (bicyclic) bond motifs is 1. The van der Waals surface area contributed by atoms with E-state index in [0.29, 0.717) is 24.2 Å². The van der Waals surface area contributed by atoms with Gasteiger partial charge in [-0.2, -0.15) is 0 Å². The second-order valence-corrected chi connectivity index (χ2v) is 7.04. The van der Waals surface area contributed by atoms with Crippen molar-refractivity contribution in [3.63, 3.8) is 0 Å². The van der Waals surface area contributed by atoms with Gasteiger partial charge in [0.2, 0.25) is 5.91 Å². The van der Waals surface area contributed by atoms with Gasteiger partial charge in [0.15, 0.2) is 0 Å². The fourth-order valence-electron chi connectivity index (χ4n) is 2.87. The number of nitrogens with one attached hydrogen (secondary N) is 1. The Morgan fingerprint density at radius 1 is 1.45 bits per heavy atom. The zero-order chi connectivity index (χ0) is 15.5. The van der Waals surface area contributed by atoms with Crippen molar-refractivity contribution in [1.29, 1.82) is 0 Å². The highest BCUT2D eigenvalue weighted by Crippen LogP contribution is 2.32. The van der Waals surface area contributed by atoms with Crippen LogP contribution in [0.2, 0.25) is 5.02 Å². The largest absolute Gasteiger partial charge is 0.351 e. The molecule has 22 heavy (non-hydrogen) atoms. The number of carbonyl (C=O) groups is 1. The predicted molar refractivity (Wildman–Crippen MR) is 91.3 cm³/mol. The first kappa shape index (κ1) is 15.5. The summed E-state index contributed by atoms with van der Waals surface area (Å²) in [4.78, 5) is 15.9. The van der Waals surface area contributed by atoms with Crippen molar-refractivity contribution in [3.8, 4) is 0 Å². The van der Waals surface area contributed by atoms with Gasteiger partial charge in [-0.05, 0) is 48.1 Å². The van der Waals surface area contributed by atoms with Gasteiger partial charge in [-0.15, -0.1) is 11.3 Å². The Morgan fingerprint density at radius 2 is 2.32 bits per heavy atom. The average Bonchev–Trinajstić information content (AvgIpc) is 2.98. The predicted octanol–water partition coefficient (Wildman–Crippen LogP) is 3.64. The number of halogens is 1. The van der Waals surface area contributed by atoms with Crippen molar-refractivity contribution in [3.05, 3.63) is 56.7 Å².